The Bertz CT molecular complexity index is 447. The Balaban J connectivity index is 2.05. The first-order valence-corrected chi connectivity index (χ1v) is 4.64. The second-order valence-electron chi connectivity index (χ2n) is 3.14. The SMILES string of the molecule is O=C(O)CCCc1nc2ncccn2n1. The Hall–Kier alpha value is -1.98. The van der Waals surface area contributed by atoms with Crippen LogP contribution in [0.4, 0.5) is 0 Å². The van der Waals surface area contributed by atoms with Gasteiger partial charge < -0.3 is 5.11 Å². The van der Waals surface area contributed by atoms with Crippen molar-refractivity contribution in [1.29, 1.82) is 0 Å². The Morgan fingerprint density at radius 2 is 2.40 bits per heavy atom. The summed E-state index contributed by atoms with van der Waals surface area (Å²) in [6.07, 6.45) is 4.66. The Labute approximate surface area is 85.6 Å². The van der Waals surface area contributed by atoms with Crippen molar-refractivity contribution < 1.29 is 9.90 Å². The highest BCUT2D eigenvalue weighted by Crippen LogP contribution is 2.01. The highest BCUT2D eigenvalue weighted by Gasteiger charge is 2.04. The number of rotatable bonds is 4. The highest BCUT2D eigenvalue weighted by molar-refractivity contribution is 5.66. The van der Waals surface area contributed by atoms with Crippen LogP contribution in [0.1, 0.15) is 18.7 Å². The molecular weight excluding hydrogens is 196 g/mol. The zero-order valence-corrected chi connectivity index (χ0v) is 8.00. The van der Waals surface area contributed by atoms with Gasteiger partial charge in [-0.3, -0.25) is 4.79 Å². The maximum Gasteiger partial charge on any atom is 0.303 e. The van der Waals surface area contributed by atoms with Crippen molar-refractivity contribution in [3.8, 4) is 0 Å². The third-order valence-corrected chi connectivity index (χ3v) is 1.95. The molecule has 0 spiro atoms. The molecule has 2 aromatic heterocycles. The summed E-state index contributed by atoms with van der Waals surface area (Å²) in [5.74, 6) is 0.384. The molecule has 6 nitrogen and oxygen atoms in total. The molecule has 2 heterocycles. The molecule has 0 aliphatic heterocycles. The standard InChI is InChI=1S/C9H10N4O2/c14-8(15)4-1-3-7-11-9-10-5-2-6-13(9)12-7/h2,5-6H,1,3-4H2,(H,14,15). The van der Waals surface area contributed by atoms with Crippen LogP contribution in [0.3, 0.4) is 0 Å². The molecule has 0 aromatic carbocycles. The van der Waals surface area contributed by atoms with Crippen LogP contribution in [0.5, 0.6) is 0 Å². The molecule has 15 heavy (non-hydrogen) atoms. The molecule has 0 saturated heterocycles. The topological polar surface area (TPSA) is 80.4 Å². The predicted octanol–water partition coefficient (Wildman–Crippen LogP) is 0.532. The first kappa shape index (κ1) is 9.57. The molecule has 2 aromatic rings. The highest BCUT2D eigenvalue weighted by atomic mass is 16.4. The maximum absolute atomic E-state index is 10.3. The number of hydrogen-bond donors (Lipinski definition) is 1. The number of nitrogens with zero attached hydrogens (tertiary/aromatic N) is 4. The number of carbonyl (C=O) groups is 1. The van der Waals surface area contributed by atoms with Crippen LogP contribution in [0, 0.1) is 0 Å². The fourth-order valence-corrected chi connectivity index (χ4v) is 1.28. The number of aliphatic carboxylic acids is 1. The van der Waals surface area contributed by atoms with E-state index in [2.05, 4.69) is 15.1 Å². The lowest BCUT2D eigenvalue weighted by atomic mass is 10.2. The van der Waals surface area contributed by atoms with Crippen molar-refractivity contribution >= 4 is 11.7 Å². The van der Waals surface area contributed by atoms with Gasteiger partial charge in [0.15, 0.2) is 5.82 Å². The largest absolute Gasteiger partial charge is 0.481 e. The van der Waals surface area contributed by atoms with Crippen LogP contribution in [-0.4, -0.2) is 30.7 Å². The normalized spacial score (nSPS) is 10.7. The van der Waals surface area contributed by atoms with Gasteiger partial charge in [-0.25, -0.2) is 9.50 Å². The number of carboxylic acids is 1. The number of aromatic nitrogens is 4. The summed E-state index contributed by atoms with van der Waals surface area (Å²) in [6.45, 7) is 0. The summed E-state index contributed by atoms with van der Waals surface area (Å²) in [4.78, 5) is 18.5. The van der Waals surface area contributed by atoms with E-state index in [0.717, 1.165) is 0 Å². The first-order valence-electron chi connectivity index (χ1n) is 4.64. The van der Waals surface area contributed by atoms with Crippen molar-refractivity contribution in [3.63, 3.8) is 0 Å². The van der Waals surface area contributed by atoms with Gasteiger partial charge in [0.25, 0.3) is 5.78 Å². The molecule has 0 unspecified atom stereocenters. The summed E-state index contributed by atoms with van der Waals surface area (Å²) in [5.41, 5.74) is 0. The minimum atomic E-state index is -0.795. The molecule has 0 amide bonds. The van der Waals surface area contributed by atoms with Crippen LogP contribution >= 0.6 is 0 Å². The molecular formula is C9H10N4O2. The van der Waals surface area contributed by atoms with Gasteiger partial charge in [-0.05, 0) is 12.5 Å². The third-order valence-electron chi connectivity index (χ3n) is 1.95. The Morgan fingerprint density at radius 3 is 3.13 bits per heavy atom. The summed E-state index contributed by atoms with van der Waals surface area (Å²) >= 11 is 0. The Morgan fingerprint density at radius 1 is 1.53 bits per heavy atom. The average molecular weight is 206 g/mol. The molecule has 6 heteroatoms. The number of fused-ring (bicyclic) bond motifs is 1. The van der Waals surface area contributed by atoms with Crippen LogP contribution in [-0.2, 0) is 11.2 Å². The van der Waals surface area contributed by atoms with Crippen molar-refractivity contribution in [2.75, 3.05) is 0 Å². The van der Waals surface area contributed by atoms with Crippen molar-refractivity contribution in [1.82, 2.24) is 19.6 Å². The second-order valence-corrected chi connectivity index (χ2v) is 3.14. The average Bonchev–Trinajstić information content (AvgIpc) is 2.59. The fraction of sp³-hybridized carbons (Fsp3) is 0.333. The van der Waals surface area contributed by atoms with Gasteiger partial charge in [0.05, 0.1) is 0 Å². The zero-order valence-electron chi connectivity index (χ0n) is 8.00. The smallest absolute Gasteiger partial charge is 0.303 e. The predicted molar refractivity (Wildman–Crippen MR) is 51.4 cm³/mol. The summed E-state index contributed by atoms with van der Waals surface area (Å²) in [5, 5.41) is 12.6. The maximum atomic E-state index is 10.3. The molecule has 78 valence electrons. The van der Waals surface area contributed by atoms with E-state index in [1.165, 1.54) is 0 Å². The number of hydrogen-bond acceptors (Lipinski definition) is 4. The molecule has 0 fully saturated rings. The van der Waals surface area contributed by atoms with Crippen molar-refractivity contribution in [2.24, 2.45) is 0 Å². The van der Waals surface area contributed by atoms with Gasteiger partial charge in [-0.15, -0.1) is 5.10 Å². The molecule has 0 aliphatic rings. The van der Waals surface area contributed by atoms with E-state index in [1.54, 1.807) is 23.0 Å². The van der Waals surface area contributed by atoms with Gasteiger partial charge >= 0.3 is 5.97 Å². The summed E-state index contributed by atoms with van der Waals surface area (Å²) < 4.78 is 1.58. The van der Waals surface area contributed by atoms with Gasteiger partial charge in [-0.1, -0.05) is 0 Å². The second kappa shape index (κ2) is 4.04. The number of aryl methyl sites for hydroxylation is 1. The molecule has 1 N–H and O–H groups in total. The van der Waals surface area contributed by atoms with Crippen LogP contribution in [0.15, 0.2) is 18.5 Å². The third kappa shape index (κ3) is 2.28. The Kier molecular flexibility index (Phi) is 2.57. The van der Waals surface area contributed by atoms with E-state index < -0.39 is 5.97 Å². The van der Waals surface area contributed by atoms with Gasteiger partial charge in [0.1, 0.15) is 0 Å². The van der Waals surface area contributed by atoms with Crippen LogP contribution in [0.2, 0.25) is 0 Å². The molecule has 2 rings (SSSR count). The zero-order chi connectivity index (χ0) is 10.7. The van der Waals surface area contributed by atoms with Crippen LogP contribution in [0.25, 0.3) is 5.78 Å². The van der Waals surface area contributed by atoms with Crippen molar-refractivity contribution in [3.05, 3.63) is 24.3 Å². The lowest BCUT2D eigenvalue weighted by Crippen LogP contribution is -1.97. The van der Waals surface area contributed by atoms with Gasteiger partial charge in [-0.2, -0.15) is 4.98 Å². The minimum Gasteiger partial charge on any atom is -0.481 e. The quantitative estimate of drug-likeness (QED) is 0.789. The van der Waals surface area contributed by atoms with Crippen LogP contribution < -0.4 is 0 Å². The summed E-state index contributed by atoms with van der Waals surface area (Å²) in [6, 6.07) is 1.77. The molecule has 0 bridgehead atoms. The van der Waals surface area contributed by atoms with Crippen molar-refractivity contribution in [2.45, 2.75) is 19.3 Å². The van der Waals surface area contributed by atoms with E-state index in [-0.39, 0.29) is 6.42 Å². The van der Waals surface area contributed by atoms with E-state index in [1.807, 2.05) is 0 Å². The lowest BCUT2D eigenvalue weighted by molar-refractivity contribution is -0.137. The molecule has 0 radical (unpaired) electrons. The number of carboxylic acid groups (broad SMARTS) is 1. The van der Waals surface area contributed by atoms with E-state index in [0.29, 0.717) is 24.4 Å². The molecule has 0 atom stereocenters. The van der Waals surface area contributed by atoms with Gasteiger partial charge in [0, 0.05) is 25.2 Å². The van der Waals surface area contributed by atoms with Gasteiger partial charge in [0.2, 0.25) is 0 Å². The minimum absolute atomic E-state index is 0.142. The monoisotopic (exact) mass is 206 g/mol. The fourth-order valence-electron chi connectivity index (χ4n) is 1.28. The first-order chi connectivity index (χ1) is 7.25. The molecule has 0 aliphatic carbocycles. The molecule has 0 saturated carbocycles. The lowest BCUT2D eigenvalue weighted by Gasteiger charge is -1.90. The van der Waals surface area contributed by atoms with E-state index >= 15 is 0 Å². The van der Waals surface area contributed by atoms with E-state index in [9.17, 15) is 4.79 Å². The summed E-state index contributed by atoms with van der Waals surface area (Å²) in [7, 11) is 0. The van der Waals surface area contributed by atoms with E-state index in [4.69, 9.17) is 5.11 Å².